The Kier molecular flexibility index (Phi) is 11.8. The molecule has 0 saturated heterocycles. The summed E-state index contributed by atoms with van der Waals surface area (Å²) in [6.07, 6.45) is 0. The molecule has 2 aromatic rings. The normalized spacial score (nSPS) is 20.4. The lowest BCUT2D eigenvalue weighted by atomic mass is 10.1. The smallest absolute Gasteiger partial charge is 0.332 e. The van der Waals surface area contributed by atoms with Crippen LogP contribution in [0, 0.1) is 0 Å². The summed E-state index contributed by atoms with van der Waals surface area (Å²) in [7, 11) is 0. The predicted molar refractivity (Wildman–Crippen MR) is 172 cm³/mol. The highest BCUT2D eigenvalue weighted by Crippen LogP contribution is 2.40. The maximum atomic E-state index is 11.6. The molecule has 15 nitrogen and oxygen atoms in total. The van der Waals surface area contributed by atoms with Crippen LogP contribution in [0.25, 0.3) is 0 Å². The van der Waals surface area contributed by atoms with Gasteiger partial charge in [0.05, 0.1) is 25.4 Å². The summed E-state index contributed by atoms with van der Waals surface area (Å²) in [4.78, 5) is 42.3. The van der Waals surface area contributed by atoms with Crippen molar-refractivity contribution in [1.29, 1.82) is 0 Å². The molecule has 17 heteroatoms. The SMILES string of the molecule is C[C@]1(C(=O)O)CSC(c2ccc(OCCOCCOc3cc(C4=N[C@@](C)(C(=O)O)CS4)c(O)cc3OCCOCC(=O)O)cc2O)=N1. The minimum absolute atomic E-state index is 0.0325. The third-order valence-electron chi connectivity index (χ3n) is 6.78. The number of hydrogen-bond donors (Lipinski definition) is 5. The molecule has 0 bridgehead atoms. The van der Waals surface area contributed by atoms with E-state index in [1.54, 1.807) is 12.1 Å². The number of carboxylic acids is 3. The van der Waals surface area contributed by atoms with Gasteiger partial charge in [0.2, 0.25) is 0 Å². The van der Waals surface area contributed by atoms with Gasteiger partial charge >= 0.3 is 17.9 Å². The molecule has 2 aromatic carbocycles. The van der Waals surface area contributed by atoms with E-state index < -0.39 is 35.6 Å². The molecule has 0 spiro atoms. The van der Waals surface area contributed by atoms with E-state index in [9.17, 15) is 34.8 Å². The number of aromatic hydroxyl groups is 2. The molecule has 4 rings (SSSR count). The number of carbonyl (C=O) groups is 3. The van der Waals surface area contributed by atoms with Crippen LogP contribution in [0.3, 0.4) is 0 Å². The number of phenolic OH excluding ortho intramolecular Hbond substituents is 2. The lowest BCUT2D eigenvalue weighted by Gasteiger charge is -2.16. The molecule has 2 aliphatic rings. The molecule has 0 radical (unpaired) electrons. The molecule has 0 aromatic heterocycles. The standard InChI is InChI=1S/C30H34N2O13S2/c1-29(27(37)38)15-46-25(31-29)18-4-3-17(11-20(18)33)43-8-5-41-6-9-44-22-12-19(26-32-30(2,16-47-26)28(39)40)21(34)13-23(22)45-10-7-42-14-24(35)36/h3-4,11-13,33-34H,5-10,14-16H2,1-2H3,(H,35,36)(H,37,38)(H,39,40)/t29-,30-/m1/s1. The maximum absolute atomic E-state index is 11.6. The fraction of sp³-hybridized carbons (Fsp3) is 0.433. The third-order valence-corrected chi connectivity index (χ3v) is 9.36. The van der Waals surface area contributed by atoms with Crippen LogP contribution in [-0.4, -0.2) is 122 Å². The zero-order chi connectivity index (χ0) is 34.2. The molecule has 0 fully saturated rings. The summed E-state index contributed by atoms with van der Waals surface area (Å²) in [5, 5.41) is 49.5. The van der Waals surface area contributed by atoms with Crippen LogP contribution in [0.4, 0.5) is 0 Å². The van der Waals surface area contributed by atoms with Crippen LogP contribution in [0.15, 0.2) is 40.3 Å². The largest absolute Gasteiger partial charge is 0.507 e. The van der Waals surface area contributed by atoms with Crippen molar-refractivity contribution in [2.24, 2.45) is 9.98 Å². The molecule has 47 heavy (non-hydrogen) atoms. The topological polar surface area (TPSA) is 223 Å². The lowest BCUT2D eigenvalue weighted by molar-refractivity contribution is -0.143. The second-order valence-electron chi connectivity index (χ2n) is 10.7. The van der Waals surface area contributed by atoms with Gasteiger partial charge in [0, 0.05) is 29.2 Å². The van der Waals surface area contributed by atoms with Crippen molar-refractivity contribution in [3.63, 3.8) is 0 Å². The van der Waals surface area contributed by atoms with Gasteiger partial charge in [-0.3, -0.25) is 9.98 Å². The molecule has 2 atom stereocenters. The number of carboxylic acid groups (broad SMARTS) is 3. The highest BCUT2D eigenvalue weighted by Gasteiger charge is 2.40. The second kappa shape index (κ2) is 15.6. The van der Waals surface area contributed by atoms with E-state index in [1.807, 2.05) is 0 Å². The van der Waals surface area contributed by atoms with Crippen LogP contribution in [-0.2, 0) is 23.9 Å². The van der Waals surface area contributed by atoms with E-state index in [1.165, 1.54) is 55.6 Å². The van der Waals surface area contributed by atoms with E-state index >= 15 is 0 Å². The van der Waals surface area contributed by atoms with Crippen LogP contribution in [0.1, 0.15) is 25.0 Å². The monoisotopic (exact) mass is 694 g/mol. The van der Waals surface area contributed by atoms with Gasteiger partial charge in [-0.15, -0.1) is 23.5 Å². The molecule has 2 aliphatic heterocycles. The summed E-state index contributed by atoms with van der Waals surface area (Å²) >= 11 is 2.44. The van der Waals surface area contributed by atoms with Crippen molar-refractivity contribution in [1.82, 2.24) is 0 Å². The number of aliphatic imine (C=N–C) groups is 2. The minimum Gasteiger partial charge on any atom is -0.507 e. The van der Waals surface area contributed by atoms with E-state index in [0.717, 1.165) is 0 Å². The average Bonchev–Trinajstić information content (AvgIpc) is 3.62. The molecule has 254 valence electrons. The predicted octanol–water partition coefficient (Wildman–Crippen LogP) is 2.73. The lowest BCUT2D eigenvalue weighted by Crippen LogP contribution is -2.33. The Hall–Kier alpha value is -4.19. The van der Waals surface area contributed by atoms with Crippen molar-refractivity contribution in [2.75, 3.05) is 57.8 Å². The van der Waals surface area contributed by atoms with Gasteiger partial charge in [-0.05, 0) is 32.0 Å². The quantitative estimate of drug-likeness (QED) is 0.142. The van der Waals surface area contributed by atoms with Crippen molar-refractivity contribution in [2.45, 2.75) is 24.9 Å². The van der Waals surface area contributed by atoms with Crippen molar-refractivity contribution in [3.05, 3.63) is 41.5 Å². The summed E-state index contributed by atoms with van der Waals surface area (Å²) in [6.45, 7) is 2.98. The highest BCUT2D eigenvalue weighted by molar-refractivity contribution is 8.15. The van der Waals surface area contributed by atoms with Gasteiger partial charge in [-0.25, -0.2) is 14.4 Å². The Morgan fingerprint density at radius 3 is 1.74 bits per heavy atom. The van der Waals surface area contributed by atoms with Crippen LogP contribution < -0.4 is 14.2 Å². The summed E-state index contributed by atoms with van der Waals surface area (Å²) in [6, 6.07) is 7.46. The first-order valence-electron chi connectivity index (χ1n) is 14.2. The van der Waals surface area contributed by atoms with Crippen molar-refractivity contribution < 1.29 is 63.6 Å². The van der Waals surface area contributed by atoms with Gasteiger partial charge in [-0.1, -0.05) is 0 Å². The van der Waals surface area contributed by atoms with E-state index in [-0.39, 0.29) is 79.7 Å². The number of aliphatic carboxylic acids is 3. The summed E-state index contributed by atoms with van der Waals surface area (Å²) in [5.41, 5.74) is -1.89. The maximum Gasteiger partial charge on any atom is 0.332 e. The molecule has 0 amide bonds. The highest BCUT2D eigenvalue weighted by atomic mass is 32.2. The average molecular weight is 695 g/mol. The zero-order valence-electron chi connectivity index (χ0n) is 25.5. The number of ether oxygens (including phenoxy) is 5. The number of nitrogens with zero attached hydrogens (tertiary/aromatic N) is 2. The summed E-state index contributed by atoms with van der Waals surface area (Å²) < 4.78 is 27.7. The molecular formula is C30H34N2O13S2. The fourth-order valence-corrected chi connectivity index (χ4v) is 6.51. The number of phenols is 2. The Bertz CT molecular complexity index is 1570. The van der Waals surface area contributed by atoms with Crippen LogP contribution in [0.2, 0.25) is 0 Å². The van der Waals surface area contributed by atoms with Gasteiger partial charge in [-0.2, -0.15) is 0 Å². The van der Waals surface area contributed by atoms with E-state index in [0.29, 0.717) is 21.4 Å². The third kappa shape index (κ3) is 9.21. The van der Waals surface area contributed by atoms with Crippen LogP contribution >= 0.6 is 23.5 Å². The first-order valence-corrected chi connectivity index (χ1v) is 16.2. The first-order chi connectivity index (χ1) is 22.3. The Morgan fingerprint density at radius 1 is 0.702 bits per heavy atom. The van der Waals surface area contributed by atoms with E-state index in [2.05, 4.69) is 9.98 Å². The Balaban J connectivity index is 1.30. The number of rotatable bonds is 18. The summed E-state index contributed by atoms with van der Waals surface area (Å²) in [5.74, 6) is -2.34. The van der Waals surface area contributed by atoms with Crippen molar-refractivity contribution in [3.8, 4) is 28.7 Å². The fourth-order valence-electron chi connectivity index (χ4n) is 4.12. The first kappa shape index (κ1) is 35.7. The van der Waals surface area contributed by atoms with Crippen molar-refractivity contribution >= 4 is 51.5 Å². The number of thioether (sulfide) groups is 2. The molecule has 0 aliphatic carbocycles. The second-order valence-corrected chi connectivity index (χ2v) is 12.6. The molecular weight excluding hydrogens is 660 g/mol. The van der Waals surface area contributed by atoms with Gasteiger partial charge in [0.15, 0.2) is 22.6 Å². The Labute approximate surface area is 277 Å². The van der Waals surface area contributed by atoms with E-state index in [4.69, 9.17) is 28.8 Å². The zero-order valence-corrected chi connectivity index (χ0v) is 27.1. The molecule has 0 saturated carbocycles. The van der Waals surface area contributed by atoms with Crippen LogP contribution in [0.5, 0.6) is 28.7 Å². The Morgan fingerprint density at radius 2 is 1.21 bits per heavy atom. The van der Waals surface area contributed by atoms with Gasteiger partial charge in [0.25, 0.3) is 0 Å². The number of hydrogen-bond acceptors (Lipinski definition) is 14. The minimum atomic E-state index is -1.34. The van der Waals surface area contributed by atoms with Gasteiger partial charge < -0.3 is 49.2 Å². The number of benzene rings is 2. The molecule has 5 N–H and O–H groups in total. The molecule has 2 heterocycles. The molecule has 0 unspecified atom stereocenters. The van der Waals surface area contributed by atoms with Gasteiger partial charge in [0.1, 0.15) is 53.8 Å².